The molecule has 9 heteroatoms. The van der Waals surface area contributed by atoms with Crippen molar-refractivity contribution in [2.24, 2.45) is 0 Å². The van der Waals surface area contributed by atoms with Crippen LogP contribution >= 0.6 is 0 Å². The Kier molecular flexibility index (Phi) is 8.77. The van der Waals surface area contributed by atoms with Gasteiger partial charge in [-0.3, -0.25) is 13.9 Å². The standard InChI is InChI=1S/C23H30FN3O4S/c1-5-14-25-23(29)18(3)26(15-19-11-7-6-10-17(19)2)22(28)16-27(32(4,30)31)21-13-9-8-12-20(21)24/h6-13,18H,5,14-16H2,1-4H3,(H,25,29)/t18-/m1/s1. The summed E-state index contributed by atoms with van der Waals surface area (Å²) in [6.07, 6.45) is 1.65. The molecule has 7 nitrogen and oxygen atoms in total. The normalized spacial score (nSPS) is 12.2. The van der Waals surface area contributed by atoms with Crippen LogP contribution in [0.3, 0.4) is 0 Å². The second kappa shape index (κ2) is 11.1. The molecule has 0 unspecified atom stereocenters. The summed E-state index contributed by atoms with van der Waals surface area (Å²) in [4.78, 5) is 27.3. The minimum Gasteiger partial charge on any atom is -0.354 e. The summed E-state index contributed by atoms with van der Waals surface area (Å²) in [6, 6.07) is 11.9. The fourth-order valence-electron chi connectivity index (χ4n) is 3.20. The van der Waals surface area contributed by atoms with Gasteiger partial charge < -0.3 is 10.2 Å². The van der Waals surface area contributed by atoms with Gasteiger partial charge in [-0.15, -0.1) is 0 Å². The van der Waals surface area contributed by atoms with Crippen molar-refractivity contribution in [3.05, 3.63) is 65.5 Å². The van der Waals surface area contributed by atoms with Gasteiger partial charge in [0.15, 0.2) is 0 Å². The van der Waals surface area contributed by atoms with Gasteiger partial charge in [0, 0.05) is 13.1 Å². The van der Waals surface area contributed by atoms with E-state index in [1.165, 1.54) is 23.1 Å². The maximum atomic E-state index is 14.4. The number of benzene rings is 2. The summed E-state index contributed by atoms with van der Waals surface area (Å²) in [5.41, 5.74) is 1.54. The molecule has 174 valence electrons. The zero-order valence-electron chi connectivity index (χ0n) is 18.8. The van der Waals surface area contributed by atoms with Crippen LogP contribution in [0, 0.1) is 12.7 Å². The minimum atomic E-state index is -3.96. The smallest absolute Gasteiger partial charge is 0.244 e. The highest BCUT2D eigenvalue weighted by molar-refractivity contribution is 7.92. The lowest BCUT2D eigenvalue weighted by atomic mass is 10.1. The maximum absolute atomic E-state index is 14.4. The predicted octanol–water partition coefficient (Wildman–Crippen LogP) is 2.84. The Hall–Kier alpha value is -2.94. The molecule has 2 rings (SSSR count). The number of nitrogens with one attached hydrogen (secondary N) is 1. The molecule has 0 fully saturated rings. The monoisotopic (exact) mass is 463 g/mol. The van der Waals surface area contributed by atoms with E-state index in [0.717, 1.165) is 34.2 Å². The molecule has 0 heterocycles. The molecular weight excluding hydrogens is 433 g/mol. The van der Waals surface area contributed by atoms with E-state index < -0.39 is 34.3 Å². The van der Waals surface area contributed by atoms with E-state index in [4.69, 9.17) is 0 Å². The summed E-state index contributed by atoms with van der Waals surface area (Å²) in [5.74, 6) is -1.71. The number of aryl methyl sites for hydroxylation is 1. The van der Waals surface area contributed by atoms with Crippen molar-refractivity contribution in [2.75, 3.05) is 23.7 Å². The first kappa shape index (κ1) is 25.3. The zero-order valence-corrected chi connectivity index (χ0v) is 19.7. The van der Waals surface area contributed by atoms with Crippen LogP contribution in [-0.2, 0) is 26.2 Å². The number of halogens is 1. The second-order valence-electron chi connectivity index (χ2n) is 7.64. The molecule has 2 amide bonds. The first-order valence-electron chi connectivity index (χ1n) is 10.4. The van der Waals surface area contributed by atoms with E-state index in [1.54, 1.807) is 6.92 Å². The highest BCUT2D eigenvalue weighted by Gasteiger charge is 2.31. The third kappa shape index (κ3) is 6.53. The number of carbonyl (C=O) groups excluding carboxylic acids is 2. The molecule has 0 aromatic heterocycles. The summed E-state index contributed by atoms with van der Waals surface area (Å²) >= 11 is 0. The minimum absolute atomic E-state index is 0.112. The Morgan fingerprint density at radius 2 is 1.72 bits per heavy atom. The molecule has 0 radical (unpaired) electrons. The fraction of sp³-hybridized carbons (Fsp3) is 0.391. The van der Waals surface area contributed by atoms with E-state index in [0.29, 0.717) is 6.54 Å². The van der Waals surface area contributed by atoms with Crippen LogP contribution in [0.15, 0.2) is 48.5 Å². The summed E-state index contributed by atoms with van der Waals surface area (Å²) in [7, 11) is -3.96. The van der Waals surface area contributed by atoms with Crippen molar-refractivity contribution >= 4 is 27.5 Å². The van der Waals surface area contributed by atoms with E-state index in [1.807, 2.05) is 38.1 Å². The van der Waals surface area contributed by atoms with E-state index in [9.17, 15) is 22.4 Å². The van der Waals surface area contributed by atoms with Crippen LogP contribution in [0.4, 0.5) is 10.1 Å². The quantitative estimate of drug-likeness (QED) is 0.587. The van der Waals surface area contributed by atoms with Crippen molar-refractivity contribution in [1.82, 2.24) is 10.2 Å². The molecule has 0 aliphatic heterocycles. The van der Waals surface area contributed by atoms with Crippen LogP contribution in [0.25, 0.3) is 0 Å². The van der Waals surface area contributed by atoms with Gasteiger partial charge in [0.2, 0.25) is 21.8 Å². The molecule has 0 aliphatic carbocycles. The lowest BCUT2D eigenvalue weighted by Crippen LogP contribution is -2.51. The summed E-state index contributed by atoms with van der Waals surface area (Å²) in [6.45, 7) is 5.34. The van der Waals surface area contributed by atoms with E-state index in [-0.39, 0.29) is 18.1 Å². The molecule has 2 aromatic carbocycles. The van der Waals surface area contributed by atoms with Crippen molar-refractivity contribution in [3.63, 3.8) is 0 Å². The van der Waals surface area contributed by atoms with Gasteiger partial charge >= 0.3 is 0 Å². The average Bonchev–Trinajstić information content (AvgIpc) is 2.74. The number of hydrogen-bond acceptors (Lipinski definition) is 4. The molecule has 32 heavy (non-hydrogen) atoms. The number of para-hydroxylation sites is 1. The number of nitrogens with zero attached hydrogens (tertiary/aromatic N) is 2. The Balaban J connectivity index is 2.40. The predicted molar refractivity (Wildman–Crippen MR) is 123 cm³/mol. The number of carbonyl (C=O) groups is 2. The van der Waals surface area contributed by atoms with Crippen molar-refractivity contribution in [1.29, 1.82) is 0 Å². The van der Waals surface area contributed by atoms with Crippen LogP contribution in [0.5, 0.6) is 0 Å². The Morgan fingerprint density at radius 1 is 1.09 bits per heavy atom. The molecule has 0 saturated heterocycles. The molecule has 0 aliphatic rings. The number of amides is 2. The van der Waals surface area contributed by atoms with Crippen LogP contribution in [0.1, 0.15) is 31.4 Å². The third-order valence-electron chi connectivity index (χ3n) is 5.12. The van der Waals surface area contributed by atoms with Crippen molar-refractivity contribution < 1.29 is 22.4 Å². The highest BCUT2D eigenvalue weighted by Crippen LogP contribution is 2.22. The van der Waals surface area contributed by atoms with Gasteiger partial charge in [0.05, 0.1) is 11.9 Å². The topological polar surface area (TPSA) is 86.8 Å². The van der Waals surface area contributed by atoms with Gasteiger partial charge in [0.25, 0.3) is 0 Å². The third-order valence-corrected chi connectivity index (χ3v) is 6.25. The highest BCUT2D eigenvalue weighted by atomic mass is 32.2. The Bertz CT molecular complexity index is 1060. The molecule has 2 aromatic rings. The number of sulfonamides is 1. The maximum Gasteiger partial charge on any atom is 0.244 e. The van der Waals surface area contributed by atoms with Crippen LogP contribution < -0.4 is 9.62 Å². The second-order valence-corrected chi connectivity index (χ2v) is 9.54. The summed E-state index contributed by atoms with van der Waals surface area (Å²) < 4.78 is 39.9. The van der Waals surface area contributed by atoms with E-state index >= 15 is 0 Å². The SMILES string of the molecule is CCCNC(=O)[C@@H](C)N(Cc1ccccc1C)C(=O)CN(c1ccccc1F)S(C)(=O)=O. The number of rotatable bonds is 10. The van der Waals surface area contributed by atoms with Crippen LogP contribution in [0.2, 0.25) is 0 Å². The first-order chi connectivity index (χ1) is 15.1. The molecule has 0 saturated carbocycles. The average molecular weight is 464 g/mol. The molecule has 1 N–H and O–H groups in total. The largest absolute Gasteiger partial charge is 0.354 e. The van der Waals surface area contributed by atoms with Gasteiger partial charge in [0.1, 0.15) is 18.4 Å². The Labute approximate surface area is 189 Å². The summed E-state index contributed by atoms with van der Waals surface area (Å²) in [5, 5.41) is 2.77. The van der Waals surface area contributed by atoms with E-state index in [2.05, 4.69) is 5.32 Å². The first-order valence-corrected chi connectivity index (χ1v) is 12.2. The number of hydrogen-bond donors (Lipinski definition) is 1. The zero-order chi connectivity index (χ0) is 23.9. The van der Waals surface area contributed by atoms with Gasteiger partial charge in [-0.2, -0.15) is 0 Å². The lowest BCUT2D eigenvalue weighted by molar-refractivity contribution is -0.139. The van der Waals surface area contributed by atoms with Gasteiger partial charge in [-0.25, -0.2) is 12.8 Å². The molecule has 1 atom stereocenters. The number of anilines is 1. The lowest BCUT2D eigenvalue weighted by Gasteiger charge is -2.32. The molecule has 0 spiro atoms. The van der Waals surface area contributed by atoms with Gasteiger partial charge in [-0.1, -0.05) is 43.3 Å². The molecular formula is C23H30FN3O4S. The Morgan fingerprint density at radius 3 is 2.31 bits per heavy atom. The van der Waals surface area contributed by atoms with Gasteiger partial charge in [-0.05, 0) is 43.5 Å². The fourth-order valence-corrected chi connectivity index (χ4v) is 4.05. The molecule has 0 bridgehead atoms. The van der Waals surface area contributed by atoms with Crippen LogP contribution in [-0.4, -0.2) is 50.5 Å². The van der Waals surface area contributed by atoms with Crippen molar-refractivity contribution in [3.8, 4) is 0 Å². The van der Waals surface area contributed by atoms with Crippen molar-refractivity contribution in [2.45, 2.75) is 39.8 Å².